The third kappa shape index (κ3) is 6.06. The summed E-state index contributed by atoms with van der Waals surface area (Å²) in [7, 11) is 1.64. The number of nitrogens with one attached hydrogen (secondary N) is 1. The first-order valence-electron chi connectivity index (χ1n) is 8.26. The number of piperazine rings is 1. The zero-order chi connectivity index (χ0) is 16.5. The molecule has 0 aromatic carbocycles. The zero-order valence-corrected chi connectivity index (χ0v) is 14.0. The summed E-state index contributed by atoms with van der Waals surface area (Å²) in [5, 5.41) is 3.07. The second-order valence-electron chi connectivity index (χ2n) is 5.82. The van der Waals surface area contributed by atoms with Gasteiger partial charge in [-0.15, -0.1) is 0 Å². The normalized spacial score (nSPS) is 19.9. The van der Waals surface area contributed by atoms with Crippen LogP contribution in [0.2, 0.25) is 0 Å². The monoisotopic (exact) mass is 328 g/mol. The number of ether oxygens (including phenoxy) is 2. The molecule has 2 heterocycles. The average molecular weight is 328 g/mol. The zero-order valence-electron chi connectivity index (χ0n) is 14.0. The molecule has 2 aliphatic heterocycles. The molecule has 0 atom stereocenters. The van der Waals surface area contributed by atoms with Crippen LogP contribution < -0.4 is 5.32 Å². The number of methoxy groups -OCH3 is 1. The van der Waals surface area contributed by atoms with E-state index < -0.39 is 0 Å². The van der Waals surface area contributed by atoms with Gasteiger partial charge in [0, 0.05) is 52.9 Å². The van der Waals surface area contributed by atoms with E-state index in [9.17, 15) is 9.59 Å². The Labute approximate surface area is 137 Å². The first kappa shape index (κ1) is 18.1. The number of carbonyl (C=O) groups excluding carboxylic acids is 2. The highest BCUT2D eigenvalue weighted by Crippen LogP contribution is 2.04. The number of carbonyl (C=O) groups is 2. The molecule has 2 amide bonds. The van der Waals surface area contributed by atoms with Crippen molar-refractivity contribution in [1.82, 2.24) is 20.0 Å². The van der Waals surface area contributed by atoms with Crippen LogP contribution in [0.4, 0.5) is 0 Å². The van der Waals surface area contributed by atoms with Crippen molar-refractivity contribution in [2.24, 2.45) is 0 Å². The minimum Gasteiger partial charge on any atom is -0.383 e. The summed E-state index contributed by atoms with van der Waals surface area (Å²) in [5.41, 5.74) is 0. The Morgan fingerprint density at radius 1 is 1.00 bits per heavy atom. The molecular weight excluding hydrogens is 300 g/mol. The third-order valence-corrected chi connectivity index (χ3v) is 4.21. The van der Waals surface area contributed by atoms with Crippen LogP contribution >= 0.6 is 0 Å². The molecule has 0 bridgehead atoms. The van der Waals surface area contributed by atoms with E-state index in [1.165, 1.54) is 0 Å². The summed E-state index contributed by atoms with van der Waals surface area (Å²) in [6.07, 6.45) is 0. The predicted octanol–water partition coefficient (Wildman–Crippen LogP) is -1.77. The van der Waals surface area contributed by atoms with Gasteiger partial charge in [0.05, 0.1) is 32.9 Å². The number of amides is 2. The van der Waals surface area contributed by atoms with Crippen molar-refractivity contribution in [2.45, 2.75) is 0 Å². The molecule has 0 aromatic heterocycles. The minimum atomic E-state index is 0.111. The van der Waals surface area contributed by atoms with E-state index in [1.807, 2.05) is 9.80 Å². The Balaban J connectivity index is 1.63. The van der Waals surface area contributed by atoms with Crippen LogP contribution in [-0.2, 0) is 19.1 Å². The van der Waals surface area contributed by atoms with E-state index in [-0.39, 0.29) is 11.8 Å². The van der Waals surface area contributed by atoms with E-state index in [1.54, 1.807) is 7.11 Å². The molecule has 1 N–H and O–H groups in total. The van der Waals surface area contributed by atoms with Gasteiger partial charge >= 0.3 is 0 Å². The highest BCUT2D eigenvalue weighted by atomic mass is 16.5. The van der Waals surface area contributed by atoms with E-state index in [4.69, 9.17) is 9.47 Å². The molecule has 0 aliphatic carbocycles. The Morgan fingerprint density at radius 2 is 1.65 bits per heavy atom. The maximum absolute atomic E-state index is 12.2. The lowest BCUT2D eigenvalue weighted by Crippen LogP contribution is -2.53. The molecule has 2 aliphatic rings. The van der Waals surface area contributed by atoms with Gasteiger partial charge in [0.25, 0.3) is 0 Å². The van der Waals surface area contributed by atoms with Crippen LogP contribution in [0.3, 0.4) is 0 Å². The van der Waals surface area contributed by atoms with Gasteiger partial charge in [0.2, 0.25) is 11.8 Å². The minimum absolute atomic E-state index is 0.111. The van der Waals surface area contributed by atoms with Crippen molar-refractivity contribution >= 4 is 11.8 Å². The molecule has 8 nitrogen and oxygen atoms in total. The second-order valence-corrected chi connectivity index (χ2v) is 5.82. The van der Waals surface area contributed by atoms with Crippen LogP contribution in [0.25, 0.3) is 0 Å². The molecule has 23 heavy (non-hydrogen) atoms. The molecule has 0 unspecified atom stereocenters. The molecule has 2 rings (SSSR count). The lowest BCUT2D eigenvalue weighted by Gasteiger charge is -2.36. The first-order chi connectivity index (χ1) is 11.2. The van der Waals surface area contributed by atoms with Crippen molar-refractivity contribution in [3.8, 4) is 0 Å². The molecule has 132 valence electrons. The van der Waals surface area contributed by atoms with Crippen LogP contribution in [0.15, 0.2) is 0 Å². The maximum atomic E-state index is 12.2. The number of hydrogen-bond donors (Lipinski definition) is 1. The maximum Gasteiger partial charge on any atom is 0.236 e. The van der Waals surface area contributed by atoms with Crippen LogP contribution in [0.1, 0.15) is 0 Å². The van der Waals surface area contributed by atoms with E-state index in [0.29, 0.717) is 65.6 Å². The van der Waals surface area contributed by atoms with Gasteiger partial charge < -0.3 is 24.6 Å². The SMILES string of the molecule is COCCNCC(=O)N1CCN(CC(=O)N2CCOCC2)CC1. The summed E-state index contributed by atoms with van der Waals surface area (Å²) >= 11 is 0. The Kier molecular flexibility index (Phi) is 7.73. The first-order valence-corrected chi connectivity index (χ1v) is 8.26. The Hall–Kier alpha value is -1.22. The van der Waals surface area contributed by atoms with Crippen molar-refractivity contribution in [2.75, 3.05) is 85.8 Å². The standard InChI is InChI=1S/C15H28N4O4/c1-22-9-2-16-12-14(20)18-5-3-17(4-6-18)13-15(21)19-7-10-23-11-8-19/h16H,2-13H2,1H3. The number of hydrogen-bond acceptors (Lipinski definition) is 6. The van der Waals surface area contributed by atoms with Crippen molar-refractivity contribution < 1.29 is 19.1 Å². The second kappa shape index (κ2) is 9.82. The van der Waals surface area contributed by atoms with Gasteiger partial charge in [0.15, 0.2) is 0 Å². The number of nitrogens with zero attached hydrogens (tertiary/aromatic N) is 3. The van der Waals surface area contributed by atoms with E-state index >= 15 is 0 Å². The highest BCUT2D eigenvalue weighted by molar-refractivity contribution is 5.79. The average Bonchev–Trinajstić information content (AvgIpc) is 2.60. The van der Waals surface area contributed by atoms with Crippen LogP contribution in [-0.4, -0.2) is 112 Å². The largest absolute Gasteiger partial charge is 0.383 e. The van der Waals surface area contributed by atoms with Gasteiger partial charge in [-0.25, -0.2) is 0 Å². The van der Waals surface area contributed by atoms with Crippen molar-refractivity contribution in [3.05, 3.63) is 0 Å². The van der Waals surface area contributed by atoms with E-state index in [2.05, 4.69) is 10.2 Å². The Bertz CT molecular complexity index is 380. The van der Waals surface area contributed by atoms with Crippen molar-refractivity contribution in [3.63, 3.8) is 0 Å². The van der Waals surface area contributed by atoms with Gasteiger partial charge in [-0.05, 0) is 0 Å². The molecule has 0 aromatic rings. The summed E-state index contributed by atoms with van der Waals surface area (Å²) in [5.74, 6) is 0.273. The lowest BCUT2D eigenvalue weighted by atomic mass is 10.3. The number of rotatable bonds is 7. The fraction of sp³-hybridized carbons (Fsp3) is 0.867. The quantitative estimate of drug-likeness (QED) is 0.557. The molecule has 2 fully saturated rings. The molecule has 0 saturated carbocycles. The highest BCUT2D eigenvalue weighted by Gasteiger charge is 2.24. The fourth-order valence-corrected chi connectivity index (χ4v) is 2.74. The van der Waals surface area contributed by atoms with Gasteiger partial charge in [-0.3, -0.25) is 14.5 Å². The molecular formula is C15H28N4O4. The summed E-state index contributed by atoms with van der Waals surface area (Å²) in [4.78, 5) is 30.1. The van der Waals surface area contributed by atoms with Crippen molar-refractivity contribution in [1.29, 1.82) is 0 Å². The van der Waals surface area contributed by atoms with Crippen LogP contribution in [0, 0.1) is 0 Å². The molecule has 2 saturated heterocycles. The van der Waals surface area contributed by atoms with E-state index in [0.717, 1.165) is 13.1 Å². The third-order valence-electron chi connectivity index (χ3n) is 4.21. The van der Waals surface area contributed by atoms with Gasteiger partial charge in [0.1, 0.15) is 0 Å². The fourth-order valence-electron chi connectivity index (χ4n) is 2.74. The Morgan fingerprint density at radius 3 is 2.30 bits per heavy atom. The van der Waals surface area contributed by atoms with Gasteiger partial charge in [-0.2, -0.15) is 0 Å². The summed E-state index contributed by atoms with van der Waals surface area (Å²) < 4.78 is 10.2. The van der Waals surface area contributed by atoms with Gasteiger partial charge in [-0.1, -0.05) is 0 Å². The lowest BCUT2D eigenvalue weighted by molar-refractivity contribution is -0.137. The number of morpholine rings is 1. The topological polar surface area (TPSA) is 74.4 Å². The summed E-state index contributed by atoms with van der Waals surface area (Å²) in [6.45, 7) is 7.55. The predicted molar refractivity (Wildman–Crippen MR) is 85.2 cm³/mol. The molecule has 0 radical (unpaired) electrons. The molecule has 0 spiro atoms. The summed E-state index contributed by atoms with van der Waals surface area (Å²) in [6, 6.07) is 0. The molecule has 8 heteroatoms. The van der Waals surface area contributed by atoms with Crippen LogP contribution in [0.5, 0.6) is 0 Å². The smallest absolute Gasteiger partial charge is 0.236 e.